The predicted molar refractivity (Wildman–Crippen MR) is 56.3 cm³/mol. The van der Waals surface area contributed by atoms with Crippen LogP contribution in [0.15, 0.2) is 18.2 Å². The summed E-state index contributed by atoms with van der Waals surface area (Å²) >= 11 is 0. The normalized spacial score (nSPS) is 10.6. The Kier molecular flexibility index (Phi) is 2.93. The fraction of sp³-hybridized carbons (Fsp3) is 0.333. The highest BCUT2D eigenvalue weighted by atomic mass is 19.1. The van der Waals surface area contributed by atoms with E-state index in [2.05, 4.69) is 11.8 Å². The first-order chi connectivity index (χ1) is 6.38. The summed E-state index contributed by atoms with van der Waals surface area (Å²) in [5, 5.41) is 0. The topological polar surface area (TPSA) is 26.0 Å². The lowest BCUT2D eigenvalue weighted by Crippen LogP contribution is -2.29. The molecule has 0 amide bonds. The van der Waals surface area contributed by atoms with Crippen LogP contribution in [0.1, 0.15) is 25.0 Å². The van der Waals surface area contributed by atoms with Gasteiger partial charge < -0.3 is 5.73 Å². The van der Waals surface area contributed by atoms with E-state index in [1.807, 2.05) is 13.8 Å². The summed E-state index contributed by atoms with van der Waals surface area (Å²) in [6.07, 6.45) is 0. The largest absolute Gasteiger partial charge is 0.316 e. The molecule has 0 aliphatic rings. The van der Waals surface area contributed by atoms with Crippen molar-refractivity contribution in [1.29, 1.82) is 0 Å². The zero-order chi connectivity index (χ0) is 10.8. The lowest BCUT2D eigenvalue weighted by atomic mass is 10.1. The van der Waals surface area contributed by atoms with Crippen molar-refractivity contribution in [2.24, 2.45) is 5.73 Å². The van der Waals surface area contributed by atoms with Crippen molar-refractivity contribution in [3.8, 4) is 11.8 Å². The van der Waals surface area contributed by atoms with E-state index >= 15 is 0 Å². The zero-order valence-electron chi connectivity index (χ0n) is 8.69. The molecule has 0 atom stereocenters. The maximum Gasteiger partial charge on any atom is 0.127 e. The molecule has 0 aromatic heterocycles. The molecule has 1 aromatic rings. The van der Waals surface area contributed by atoms with Crippen molar-refractivity contribution in [3.63, 3.8) is 0 Å². The molecule has 2 N–H and O–H groups in total. The quantitative estimate of drug-likeness (QED) is 0.625. The van der Waals surface area contributed by atoms with Crippen LogP contribution < -0.4 is 5.73 Å². The van der Waals surface area contributed by atoms with Gasteiger partial charge in [0.05, 0.1) is 5.54 Å². The molecule has 74 valence electrons. The molecule has 0 unspecified atom stereocenters. The van der Waals surface area contributed by atoms with Crippen LogP contribution in [0.4, 0.5) is 4.39 Å². The molecule has 0 aliphatic heterocycles. The molecular weight excluding hydrogens is 177 g/mol. The third-order valence-electron chi connectivity index (χ3n) is 1.70. The van der Waals surface area contributed by atoms with Crippen LogP contribution in [0.3, 0.4) is 0 Å². The smallest absolute Gasteiger partial charge is 0.127 e. The Bertz CT molecular complexity index is 391. The molecule has 0 saturated heterocycles. The third kappa shape index (κ3) is 3.20. The number of rotatable bonds is 0. The summed E-state index contributed by atoms with van der Waals surface area (Å²) in [5.74, 6) is 5.45. The third-order valence-corrected chi connectivity index (χ3v) is 1.70. The minimum Gasteiger partial charge on any atom is -0.316 e. The van der Waals surface area contributed by atoms with Crippen LogP contribution in [0.2, 0.25) is 0 Å². The van der Waals surface area contributed by atoms with Crippen LogP contribution >= 0.6 is 0 Å². The Balaban J connectivity index is 2.98. The van der Waals surface area contributed by atoms with Gasteiger partial charge in [0, 0.05) is 5.56 Å². The van der Waals surface area contributed by atoms with Crippen molar-refractivity contribution in [2.45, 2.75) is 26.3 Å². The summed E-state index contributed by atoms with van der Waals surface area (Å²) in [7, 11) is 0. The van der Waals surface area contributed by atoms with Gasteiger partial charge in [0.2, 0.25) is 0 Å². The molecule has 0 radical (unpaired) electrons. The Morgan fingerprint density at radius 3 is 2.50 bits per heavy atom. The highest BCUT2D eigenvalue weighted by Gasteiger charge is 2.04. The van der Waals surface area contributed by atoms with E-state index in [4.69, 9.17) is 5.73 Å². The highest BCUT2D eigenvalue weighted by molar-refractivity contribution is 5.38. The summed E-state index contributed by atoms with van der Waals surface area (Å²) in [6.45, 7) is 5.34. The fourth-order valence-electron chi connectivity index (χ4n) is 0.904. The predicted octanol–water partition coefficient (Wildman–Crippen LogP) is 2.22. The molecule has 1 aromatic carbocycles. The average Bonchev–Trinajstić information content (AvgIpc) is 2.06. The number of hydrogen-bond donors (Lipinski definition) is 1. The number of hydrogen-bond acceptors (Lipinski definition) is 1. The molecule has 0 bridgehead atoms. The summed E-state index contributed by atoms with van der Waals surface area (Å²) in [5.41, 5.74) is 6.43. The first-order valence-corrected chi connectivity index (χ1v) is 4.47. The van der Waals surface area contributed by atoms with Crippen molar-refractivity contribution < 1.29 is 4.39 Å². The van der Waals surface area contributed by atoms with Gasteiger partial charge in [-0.3, -0.25) is 0 Å². The van der Waals surface area contributed by atoms with Crippen LogP contribution in [0.5, 0.6) is 0 Å². The van der Waals surface area contributed by atoms with E-state index in [1.54, 1.807) is 19.1 Å². The summed E-state index contributed by atoms with van der Waals surface area (Å²) in [6, 6.07) is 4.92. The van der Waals surface area contributed by atoms with E-state index < -0.39 is 5.54 Å². The maximum atomic E-state index is 13.1. The standard InChI is InChI=1S/C12H14FN/c1-9-4-5-10(8-11(9)13)6-7-12(2,3)14/h4-5,8H,14H2,1-3H3. The van der Waals surface area contributed by atoms with E-state index in [-0.39, 0.29) is 5.82 Å². The summed E-state index contributed by atoms with van der Waals surface area (Å²) < 4.78 is 13.1. The first-order valence-electron chi connectivity index (χ1n) is 4.47. The Hall–Kier alpha value is -1.33. The Morgan fingerprint density at radius 2 is 2.00 bits per heavy atom. The lowest BCUT2D eigenvalue weighted by molar-refractivity contribution is 0.618. The number of benzene rings is 1. The SMILES string of the molecule is Cc1ccc(C#CC(C)(C)N)cc1F. The molecule has 2 heteroatoms. The van der Waals surface area contributed by atoms with Crippen molar-refractivity contribution in [1.82, 2.24) is 0 Å². The van der Waals surface area contributed by atoms with Gasteiger partial charge in [-0.1, -0.05) is 17.9 Å². The summed E-state index contributed by atoms with van der Waals surface area (Å²) in [4.78, 5) is 0. The van der Waals surface area contributed by atoms with Gasteiger partial charge in [-0.05, 0) is 38.5 Å². The zero-order valence-corrected chi connectivity index (χ0v) is 8.69. The molecule has 0 aliphatic carbocycles. The van der Waals surface area contributed by atoms with Crippen molar-refractivity contribution in [3.05, 3.63) is 35.1 Å². The van der Waals surface area contributed by atoms with Gasteiger partial charge in [0.1, 0.15) is 5.82 Å². The second-order valence-electron chi connectivity index (χ2n) is 3.94. The Morgan fingerprint density at radius 1 is 1.36 bits per heavy atom. The van der Waals surface area contributed by atoms with E-state index in [0.29, 0.717) is 11.1 Å². The molecule has 1 rings (SSSR count). The van der Waals surface area contributed by atoms with E-state index in [0.717, 1.165) is 0 Å². The first kappa shape index (κ1) is 10.7. The van der Waals surface area contributed by atoms with Crippen LogP contribution in [0, 0.1) is 24.6 Å². The number of halogens is 1. The monoisotopic (exact) mass is 191 g/mol. The number of aryl methyl sites for hydroxylation is 1. The molecule has 0 spiro atoms. The van der Waals surface area contributed by atoms with Gasteiger partial charge in [0.15, 0.2) is 0 Å². The van der Waals surface area contributed by atoms with Gasteiger partial charge in [-0.15, -0.1) is 0 Å². The van der Waals surface area contributed by atoms with Gasteiger partial charge in [-0.25, -0.2) is 4.39 Å². The highest BCUT2D eigenvalue weighted by Crippen LogP contribution is 2.08. The van der Waals surface area contributed by atoms with Gasteiger partial charge in [-0.2, -0.15) is 0 Å². The minimum absolute atomic E-state index is 0.230. The maximum absolute atomic E-state index is 13.1. The Labute approximate surface area is 84.1 Å². The second kappa shape index (κ2) is 3.81. The fourth-order valence-corrected chi connectivity index (χ4v) is 0.904. The minimum atomic E-state index is -0.540. The lowest BCUT2D eigenvalue weighted by Gasteiger charge is -2.07. The second-order valence-corrected chi connectivity index (χ2v) is 3.94. The van der Waals surface area contributed by atoms with Gasteiger partial charge >= 0.3 is 0 Å². The molecular formula is C12H14FN. The van der Waals surface area contributed by atoms with Crippen LogP contribution in [-0.4, -0.2) is 5.54 Å². The number of nitrogens with two attached hydrogens (primary N) is 1. The molecule has 1 nitrogen and oxygen atoms in total. The van der Waals surface area contributed by atoms with Crippen molar-refractivity contribution >= 4 is 0 Å². The van der Waals surface area contributed by atoms with Crippen LogP contribution in [-0.2, 0) is 0 Å². The van der Waals surface area contributed by atoms with E-state index in [9.17, 15) is 4.39 Å². The molecule has 0 saturated carbocycles. The van der Waals surface area contributed by atoms with Gasteiger partial charge in [0.25, 0.3) is 0 Å². The molecule has 0 fully saturated rings. The average molecular weight is 191 g/mol. The van der Waals surface area contributed by atoms with Crippen LogP contribution in [0.25, 0.3) is 0 Å². The van der Waals surface area contributed by atoms with E-state index in [1.165, 1.54) is 6.07 Å². The molecule has 0 heterocycles. The molecule has 14 heavy (non-hydrogen) atoms. The van der Waals surface area contributed by atoms with Crippen molar-refractivity contribution in [2.75, 3.05) is 0 Å².